The molecule has 0 aliphatic heterocycles. The van der Waals surface area contributed by atoms with Gasteiger partial charge in [0.25, 0.3) is 5.91 Å². The van der Waals surface area contributed by atoms with Crippen LogP contribution < -0.4 is 10.1 Å². The van der Waals surface area contributed by atoms with Crippen molar-refractivity contribution >= 4 is 5.91 Å². The van der Waals surface area contributed by atoms with Gasteiger partial charge in [-0.1, -0.05) is 13.3 Å². The summed E-state index contributed by atoms with van der Waals surface area (Å²) in [5, 5.41) is 2.78. The smallest absolute Gasteiger partial charge is 0.260 e. The van der Waals surface area contributed by atoms with E-state index in [1.807, 2.05) is 0 Å². The average molecular weight is 239 g/mol. The molecule has 17 heavy (non-hydrogen) atoms. The molecule has 0 spiro atoms. The molecule has 1 amide bonds. The lowest BCUT2D eigenvalue weighted by molar-refractivity contribution is -0.127. The normalized spacial score (nSPS) is 11.9. The first-order chi connectivity index (χ1) is 8.13. The Balaban J connectivity index is 2.40. The van der Waals surface area contributed by atoms with Crippen molar-refractivity contribution in [3.63, 3.8) is 0 Å². The number of hydrogen-bond acceptors (Lipinski definition) is 2. The van der Waals surface area contributed by atoms with E-state index in [0.717, 1.165) is 12.8 Å². The van der Waals surface area contributed by atoms with Crippen LogP contribution in [0.3, 0.4) is 0 Å². The minimum absolute atomic E-state index is 0.150. The SMILES string of the molecule is CCCCNC(=O)[C@H](C)Oc1ccc(F)cc1. The number of carbonyl (C=O) groups is 1. The van der Waals surface area contributed by atoms with Gasteiger partial charge in [0.2, 0.25) is 0 Å². The van der Waals surface area contributed by atoms with E-state index in [1.165, 1.54) is 24.3 Å². The van der Waals surface area contributed by atoms with Gasteiger partial charge >= 0.3 is 0 Å². The molecule has 0 bridgehead atoms. The van der Waals surface area contributed by atoms with E-state index in [0.29, 0.717) is 12.3 Å². The summed E-state index contributed by atoms with van der Waals surface area (Å²) in [6.45, 7) is 4.39. The van der Waals surface area contributed by atoms with E-state index in [4.69, 9.17) is 4.74 Å². The summed E-state index contributed by atoms with van der Waals surface area (Å²) in [6, 6.07) is 5.62. The standard InChI is InChI=1S/C13H18FNO2/c1-3-4-9-15-13(16)10(2)17-12-7-5-11(14)6-8-12/h5-8,10H,3-4,9H2,1-2H3,(H,15,16)/t10-/m0/s1. The van der Waals surface area contributed by atoms with E-state index >= 15 is 0 Å². The Hall–Kier alpha value is -1.58. The Morgan fingerprint density at radius 3 is 2.65 bits per heavy atom. The first kappa shape index (κ1) is 13.5. The third kappa shape index (κ3) is 4.85. The quantitative estimate of drug-likeness (QED) is 0.775. The van der Waals surface area contributed by atoms with Crippen LogP contribution in [0.2, 0.25) is 0 Å². The average Bonchev–Trinajstić information content (AvgIpc) is 2.32. The third-order valence-corrected chi connectivity index (χ3v) is 2.33. The molecule has 0 heterocycles. The van der Waals surface area contributed by atoms with Crippen molar-refractivity contribution < 1.29 is 13.9 Å². The number of halogens is 1. The number of rotatable bonds is 6. The summed E-state index contributed by atoms with van der Waals surface area (Å²) in [5.41, 5.74) is 0. The second kappa shape index (κ2) is 6.89. The molecule has 3 nitrogen and oxygen atoms in total. The molecule has 1 atom stereocenters. The van der Waals surface area contributed by atoms with Gasteiger partial charge in [-0.2, -0.15) is 0 Å². The molecule has 94 valence electrons. The Labute approximate surface area is 101 Å². The van der Waals surface area contributed by atoms with Crippen molar-refractivity contribution in [2.75, 3.05) is 6.54 Å². The fourth-order valence-electron chi connectivity index (χ4n) is 1.30. The van der Waals surface area contributed by atoms with Gasteiger partial charge in [0, 0.05) is 6.54 Å². The molecule has 0 saturated carbocycles. The maximum absolute atomic E-state index is 12.7. The summed E-state index contributed by atoms with van der Waals surface area (Å²) in [6.07, 6.45) is 1.42. The highest BCUT2D eigenvalue weighted by Gasteiger charge is 2.13. The monoisotopic (exact) mass is 239 g/mol. The van der Waals surface area contributed by atoms with Crippen molar-refractivity contribution in [3.8, 4) is 5.75 Å². The zero-order valence-electron chi connectivity index (χ0n) is 10.2. The predicted octanol–water partition coefficient (Wildman–Crippen LogP) is 2.51. The van der Waals surface area contributed by atoms with Crippen molar-refractivity contribution in [3.05, 3.63) is 30.1 Å². The van der Waals surface area contributed by atoms with Crippen LogP contribution in [-0.4, -0.2) is 18.6 Å². The van der Waals surface area contributed by atoms with Gasteiger partial charge < -0.3 is 10.1 Å². The number of benzene rings is 1. The van der Waals surface area contributed by atoms with Crippen LogP contribution in [0.4, 0.5) is 4.39 Å². The highest BCUT2D eigenvalue weighted by Crippen LogP contribution is 2.12. The minimum atomic E-state index is -0.572. The Morgan fingerprint density at radius 2 is 2.06 bits per heavy atom. The molecule has 4 heteroatoms. The molecule has 1 N–H and O–H groups in total. The number of amides is 1. The van der Waals surface area contributed by atoms with Gasteiger partial charge in [-0.15, -0.1) is 0 Å². The van der Waals surface area contributed by atoms with E-state index < -0.39 is 6.10 Å². The van der Waals surface area contributed by atoms with E-state index in [2.05, 4.69) is 12.2 Å². The van der Waals surface area contributed by atoms with E-state index in [9.17, 15) is 9.18 Å². The van der Waals surface area contributed by atoms with Gasteiger partial charge in [-0.05, 0) is 37.6 Å². The number of unbranched alkanes of at least 4 members (excludes halogenated alkanes) is 1. The zero-order chi connectivity index (χ0) is 12.7. The maximum Gasteiger partial charge on any atom is 0.260 e. The molecule has 1 aromatic rings. The molecular weight excluding hydrogens is 221 g/mol. The molecule has 0 aliphatic rings. The van der Waals surface area contributed by atoms with Crippen LogP contribution >= 0.6 is 0 Å². The molecule has 0 aromatic heterocycles. The lowest BCUT2D eigenvalue weighted by Gasteiger charge is -2.14. The Bertz CT molecular complexity index is 351. The topological polar surface area (TPSA) is 38.3 Å². The van der Waals surface area contributed by atoms with Gasteiger partial charge in [0.15, 0.2) is 6.10 Å². The molecule has 0 unspecified atom stereocenters. The van der Waals surface area contributed by atoms with Crippen molar-refractivity contribution in [1.82, 2.24) is 5.32 Å². The summed E-state index contributed by atoms with van der Waals surface area (Å²) in [4.78, 5) is 11.6. The number of ether oxygens (including phenoxy) is 1. The lowest BCUT2D eigenvalue weighted by Crippen LogP contribution is -2.36. The Kier molecular flexibility index (Phi) is 5.46. The second-order valence-electron chi connectivity index (χ2n) is 3.86. The van der Waals surface area contributed by atoms with Crippen molar-refractivity contribution in [2.24, 2.45) is 0 Å². The summed E-state index contributed by atoms with van der Waals surface area (Å²) in [7, 11) is 0. The number of nitrogens with one attached hydrogen (secondary N) is 1. The first-order valence-electron chi connectivity index (χ1n) is 5.83. The molecule has 0 saturated heterocycles. The predicted molar refractivity (Wildman–Crippen MR) is 64.4 cm³/mol. The van der Waals surface area contributed by atoms with Crippen LogP contribution in [0.1, 0.15) is 26.7 Å². The fourth-order valence-corrected chi connectivity index (χ4v) is 1.30. The van der Waals surface area contributed by atoms with Crippen LogP contribution in [0, 0.1) is 5.82 Å². The minimum Gasteiger partial charge on any atom is -0.481 e. The zero-order valence-corrected chi connectivity index (χ0v) is 10.2. The molecular formula is C13H18FNO2. The fraction of sp³-hybridized carbons (Fsp3) is 0.462. The molecule has 1 rings (SSSR count). The van der Waals surface area contributed by atoms with Crippen LogP contribution in [0.5, 0.6) is 5.75 Å². The second-order valence-corrected chi connectivity index (χ2v) is 3.86. The van der Waals surface area contributed by atoms with Crippen LogP contribution in [0.15, 0.2) is 24.3 Å². The number of hydrogen-bond donors (Lipinski definition) is 1. The molecule has 0 aliphatic carbocycles. The number of carbonyl (C=O) groups excluding carboxylic acids is 1. The molecule has 1 aromatic carbocycles. The lowest BCUT2D eigenvalue weighted by atomic mass is 10.3. The largest absolute Gasteiger partial charge is 0.481 e. The van der Waals surface area contributed by atoms with Gasteiger partial charge in [-0.25, -0.2) is 4.39 Å². The van der Waals surface area contributed by atoms with Crippen molar-refractivity contribution in [2.45, 2.75) is 32.8 Å². The molecule has 0 fully saturated rings. The van der Waals surface area contributed by atoms with E-state index in [-0.39, 0.29) is 11.7 Å². The summed E-state index contributed by atoms with van der Waals surface area (Å²) < 4.78 is 18.0. The highest BCUT2D eigenvalue weighted by molar-refractivity contribution is 5.80. The van der Waals surface area contributed by atoms with Gasteiger partial charge in [-0.3, -0.25) is 4.79 Å². The summed E-state index contributed by atoms with van der Waals surface area (Å²) in [5.74, 6) is 0.0183. The van der Waals surface area contributed by atoms with E-state index in [1.54, 1.807) is 6.92 Å². The van der Waals surface area contributed by atoms with Crippen LogP contribution in [0.25, 0.3) is 0 Å². The maximum atomic E-state index is 12.7. The summed E-state index contributed by atoms with van der Waals surface area (Å²) >= 11 is 0. The van der Waals surface area contributed by atoms with Gasteiger partial charge in [0.1, 0.15) is 11.6 Å². The van der Waals surface area contributed by atoms with Crippen molar-refractivity contribution in [1.29, 1.82) is 0 Å². The van der Waals surface area contributed by atoms with Gasteiger partial charge in [0.05, 0.1) is 0 Å². The third-order valence-electron chi connectivity index (χ3n) is 2.33. The molecule has 0 radical (unpaired) electrons. The highest BCUT2D eigenvalue weighted by atomic mass is 19.1. The first-order valence-corrected chi connectivity index (χ1v) is 5.83. The van der Waals surface area contributed by atoms with Crippen LogP contribution in [-0.2, 0) is 4.79 Å². The Morgan fingerprint density at radius 1 is 1.41 bits per heavy atom.